The van der Waals surface area contributed by atoms with Crippen LogP contribution in [0.5, 0.6) is 0 Å². The Labute approximate surface area is 101 Å². The molecular formula is C11H13F5N2. The average Bonchev–Trinajstić information content (AvgIpc) is 2.73. The van der Waals surface area contributed by atoms with Crippen LogP contribution < -0.4 is 0 Å². The number of alkyl halides is 5. The molecule has 0 radical (unpaired) electrons. The van der Waals surface area contributed by atoms with Gasteiger partial charge in [-0.2, -0.15) is 27.1 Å². The van der Waals surface area contributed by atoms with Gasteiger partial charge < -0.3 is 0 Å². The van der Waals surface area contributed by atoms with Crippen molar-refractivity contribution < 1.29 is 22.0 Å². The topological polar surface area (TPSA) is 17.8 Å². The van der Waals surface area contributed by atoms with Gasteiger partial charge in [0.1, 0.15) is 5.69 Å². The Kier molecular flexibility index (Phi) is 2.90. The minimum absolute atomic E-state index is 0.00440. The molecule has 1 heterocycles. The fraction of sp³-hybridized carbons (Fsp3) is 0.727. The summed E-state index contributed by atoms with van der Waals surface area (Å²) >= 11 is 0. The van der Waals surface area contributed by atoms with Crippen LogP contribution in [0, 0.1) is 5.92 Å². The zero-order valence-corrected chi connectivity index (χ0v) is 9.98. The summed E-state index contributed by atoms with van der Waals surface area (Å²) in [5.41, 5.74) is -2.04. The number of halogens is 5. The van der Waals surface area contributed by atoms with E-state index in [0.717, 1.165) is 4.68 Å². The number of aromatic nitrogens is 2. The van der Waals surface area contributed by atoms with Gasteiger partial charge in [-0.1, -0.05) is 6.92 Å². The van der Waals surface area contributed by atoms with Crippen molar-refractivity contribution in [3.63, 3.8) is 0 Å². The third-order valence-corrected chi connectivity index (χ3v) is 3.39. The van der Waals surface area contributed by atoms with Crippen LogP contribution in [0.25, 0.3) is 0 Å². The van der Waals surface area contributed by atoms with Gasteiger partial charge in [0.25, 0.3) is 5.92 Å². The lowest BCUT2D eigenvalue weighted by Crippen LogP contribution is -2.24. The van der Waals surface area contributed by atoms with E-state index in [1.54, 1.807) is 6.92 Å². The van der Waals surface area contributed by atoms with Gasteiger partial charge in [0.2, 0.25) is 0 Å². The maximum Gasteiger partial charge on any atom is 0.435 e. The SMILES string of the molecule is CC[C@@H]1Cc2c(C(F)(F)F)nn(CC)c2C1(F)F. The van der Waals surface area contributed by atoms with Crippen molar-refractivity contribution in [1.82, 2.24) is 9.78 Å². The zero-order valence-electron chi connectivity index (χ0n) is 9.98. The molecule has 0 N–H and O–H groups in total. The number of nitrogens with zero attached hydrogens (tertiary/aromatic N) is 2. The highest BCUT2D eigenvalue weighted by molar-refractivity contribution is 5.37. The monoisotopic (exact) mass is 268 g/mol. The second-order valence-electron chi connectivity index (χ2n) is 4.42. The molecule has 0 fully saturated rings. The molecule has 2 rings (SSSR count). The molecule has 1 atom stereocenters. The van der Waals surface area contributed by atoms with E-state index >= 15 is 0 Å². The van der Waals surface area contributed by atoms with E-state index in [4.69, 9.17) is 0 Å². The lowest BCUT2D eigenvalue weighted by Gasteiger charge is -2.19. The second kappa shape index (κ2) is 3.93. The predicted octanol–water partition coefficient (Wildman–Crippen LogP) is 3.60. The van der Waals surface area contributed by atoms with Crippen LogP contribution in [-0.2, 0) is 25.1 Å². The smallest absolute Gasteiger partial charge is 0.263 e. The Morgan fingerprint density at radius 2 is 1.94 bits per heavy atom. The van der Waals surface area contributed by atoms with Crippen molar-refractivity contribution in [1.29, 1.82) is 0 Å². The van der Waals surface area contributed by atoms with Crippen molar-refractivity contribution in [2.75, 3.05) is 0 Å². The third-order valence-electron chi connectivity index (χ3n) is 3.39. The summed E-state index contributed by atoms with van der Waals surface area (Å²) in [6, 6.07) is 0. The summed E-state index contributed by atoms with van der Waals surface area (Å²) in [5, 5.41) is 3.30. The average molecular weight is 268 g/mol. The van der Waals surface area contributed by atoms with Gasteiger partial charge in [-0.05, 0) is 19.8 Å². The van der Waals surface area contributed by atoms with Crippen LogP contribution in [0.4, 0.5) is 22.0 Å². The lowest BCUT2D eigenvalue weighted by molar-refractivity contribution is -0.142. The van der Waals surface area contributed by atoms with Gasteiger partial charge in [-0.25, -0.2) is 0 Å². The predicted molar refractivity (Wildman–Crippen MR) is 54.3 cm³/mol. The molecule has 1 aliphatic carbocycles. The van der Waals surface area contributed by atoms with Gasteiger partial charge in [0, 0.05) is 18.0 Å². The molecule has 18 heavy (non-hydrogen) atoms. The van der Waals surface area contributed by atoms with Crippen molar-refractivity contribution in [3.8, 4) is 0 Å². The maximum atomic E-state index is 14.0. The fourth-order valence-electron chi connectivity index (χ4n) is 2.49. The van der Waals surface area contributed by atoms with Crippen molar-refractivity contribution in [2.24, 2.45) is 5.92 Å². The van der Waals surface area contributed by atoms with Gasteiger partial charge in [-0.3, -0.25) is 4.68 Å². The summed E-state index contributed by atoms with van der Waals surface area (Å²) in [5.74, 6) is -4.29. The first-order valence-electron chi connectivity index (χ1n) is 5.78. The molecule has 0 aliphatic heterocycles. The van der Waals surface area contributed by atoms with Crippen LogP contribution >= 0.6 is 0 Å². The van der Waals surface area contributed by atoms with E-state index in [9.17, 15) is 22.0 Å². The molecule has 0 amide bonds. The normalized spacial score (nSPS) is 22.3. The highest BCUT2D eigenvalue weighted by Gasteiger charge is 2.54. The fourth-order valence-corrected chi connectivity index (χ4v) is 2.49. The van der Waals surface area contributed by atoms with E-state index < -0.39 is 29.4 Å². The molecule has 0 aromatic carbocycles. The van der Waals surface area contributed by atoms with Gasteiger partial charge in [-0.15, -0.1) is 0 Å². The highest BCUT2D eigenvalue weighted by Crippen LogP contribution is 2.50. The summed E-state index contributed by atoms with van der Waals surface area (Å²) in [6.45, 7) is 3.06. The Morgan fingerprint density at radius 1 is 1.33 bits per heavy atom. The van der Waals surface area contributed by atoms with E-state index in [2.05, 4.69) is 5.10 Å². The van der Waals surface area contributed by atoms with Gasteiger partial charge in [0.05, 0.1) is 0 Å². The van der Waals surface area contributed by atoms with Crippen LogP contribution in [0.15, 0.2) is 0 Å². The first-order chi connectivity index (χ1) is 8.23. The summed E-state index contributed by atoms with van der Waals surface area (Å²) < 4.78 is 67.1. The Bertz CT molecular complexity index is 461. The molecule has 1 aromatic heterocycles. The molecule has 1 aliphatic rings. The molecule has 102 valence electrons. The largest absolute Gasteiger partial charge is 0.435 e. The molecule has 2 nitrogen and oxygen atoms in total. The highest BCUT2D eigenvalue weighted by atomic mass is 19.4. The number of fused-ring (bicyclic) bond motifs is 1. The van der Waals surface area contributed by atoms with Crippen molar-refractivity contribution in [3.05, 3.63) is 17.0 Å². The Hall–Kier alpha value is -1.14. The van der Waals surface area contributed by atoms with Gasteiger partial charge in [0.15, 0.2) is 5.69 Å². The third kappa shape index (κ3) is 1.71. The van der Waals surface area contributed by atoms with Crippen LogP contribution in [0.1, 0.15) is 37.2 Å². The number of hydrogen-bond donors (Lipinski definition) is 0. The molecule has 0 bridgehead atoms. The molecular weight excluding hydrogens is 255 g/mol. The second-order valence-corrected chi connectivity index (χ2v) is 4.42. The minimum Gasteiger partial charge on any atom is -0.263 e. The van der Waals surface area contributed by atoms with E-state index in [-0.39, 0.29) is 24.9 Å². The van der Waals surface area contributed by atoms with E-state index in [1.165, 1.54) is 6.92 Å². The number of rotatable bonds is 2. The standard InChI is InChI=1S/C11H13F5N2/c1-3-6-5-7-8(11(14,15)16)17-18(4-2)9(7)10(6,12)13/h6H,3-5H2,1-2H3/t6-/m1/s1. The minimum atomic E-state index is -4.68. The van der Waals surface area contributed by atoms with Crippen LogP contribution in [0.2, 0.25) is 0 Å². The molecule has 0 saturated carbocycles. The molecule has 1 aromatic rings. The van der Waals surface area contributed by atoms with Gasteiger partial charge >= 0.3 is 6.18 Å². The molecule has 0 spiro atoms. The van der Waals surface area contributed by atoms with E-state index in [0.29, 0.717) is 0 Å². The van der Waals surface area contributed by atoms with Crippen molar-refractivity contribution in [2.45, 2.75) is 45.3 Å². The summed E-state index contributed by atoms with van der Waals surface area (Å²) in [6.07, 6.45) is -4.79. The molecule has 0 unspecified atom stereocenters. The van der Waals surface area contributed by atoms with Crippen LogP contribution in [0.3, 0.4) is 0 Å². The van der Waals surface area contributed by atoms with Crippen LogP contribution in [-0.4, -0.2) is 9.78 Å². The van der Waals surface area contributed by atoms with Crippen molar-refractivity contribution >= 4 is 0 Å². The first-order valence-corrected chi connectivity index (χ1v) is 5.78. The maximum absolute atomic E-state index is 14.0. The number of aryl methyl sites for hydroxylation is 1. The Morgan fingerprint density at radius 3 is 2.39 bits per heavy atom. The Balaban J connectivity index is 2.62. The molecule has 7 heteroatoms. The molecule has 0 saturated heterocycles. The van der Waals surface area contributed by atoms with E-state index in [1.807, 2.05) is 0 Å². The lowest BCUT2D eigenvalue weighted by atomic mass is 10.0. The summed E-state index contributed by atoms with van der Waals surface area (Å²) in [4.78, 5) is 0. The zero-order chi connectivity index (χ0) is 13.7. The quantitative estimate of drug-likeness (QED) is 0.749. The first kappa shape index (κ1) is 13.3. The number of hydrogen-bond acceptors (Lipinski definition) is 1. The summed E-state index contributed by atoms with van der Waals surface area (Å²) in [7, 11) is 0.